The molecule has 1 atom stereocenters. The first-order chi connectivity index (χ1) is 6.79. The number of hydrogen-bond acceptors (Lipinski definition) is 4. The molecule has 0 saturated carbocycles. The Morgan fingerprint density at radius 3 is 2.64 bits per heavy atom. The second kappa shape index (κ2) is 4.84. The number of thioether (sulfide) groups is 2. The third-order valence-electron chi connectivity index (χ3n) is 1.71. The Morgan fingerprint density at radius 1 is 1.36 bits per heavy atom. The molecule has 0 spiro atoms. The van der Waals surface area contributed by atoms with Gasteiger partial charge in [0.25, 0.3) is 0 Å². The van der Waals surface area contributed by atoms with Gasteiger partial charge in [-0.3, -0.25) is 0 Å². The standard InChI is InChI=1S/C9H8ClNS3/c1-12-9-13-8(11-14-9)6-2-4-7(10)5-3-6/h2-5,9H,1H3. The van der Waals surface area contributed by atoms with Crippen LogP contribution in [0.3, 0.4) is 0 Å². The van der Waals surface area contributed by atoms with Gasteiger partial charge in [0, 0.05) is 22.5 Å². The van der Waals surface area contributed by atoms with Crippen LogP contribution in [0.2, 0.25) is 5.02 Å². The number of rotatable bonds is 2. The van der Waals surface area contributed by atoms with Gasteiger partial charge in [-0.25, -0.2) is 4.40 Å². The predicted molar refractivity (Wildman–Crippen MR) is 70.5 cm³/mol. The summed E-state index contributed by atoms with van der Waals surface area (Å²) in [6, 6.07) is 7.82. The molecule has 1 heterocycles. The lowest BCUT2D eigenvalue weighted by Crippen LogP contribution is -1.92. The maximum Gasteiger partial charge on any atom is 0.123 e. The summed E-state index contributed by atoms with van der Waals surface area (Å²) in [6.45, 7) is 0. The molecule has 14 heavy (non-hydrogen) atoms. The van der Waals surface area contributed by atoms with Crippen LogP contribution in [0, 0.1) is 0 Å². The monoisotopic (exact) mass is 261 g/mol. The molecule has 1 aromatic carbocycles. The Hall–Kier alpha value is 0.230. The van der Waals surface area contributed by atoms with E-state index in [0.717, 1.165) is 15.6 Å². The van der Waals surface area contributed by atoms with E-state index in [1.165, 1.54) is 0 Å². The van der Waals surface area contributed by atoms with Gasteiger partial charge in [-0.15, -0.1) is 11.8 Å². The van der Waals surface area contributed by atoms with Gasteiger partial charge in [0.15, 0.2) is 0 Å². The molecule has 1 aliphatic heterocycles. The normalized spacial score (nSPS) is 21.0. The summed E-state index contributed by atoms with van der Waals surface area (Å²) in [5, 5.41) is 1.87. The third-order valence-corrected chi connectivity index (χ3v) is 5.92. The van der Waals surface area contributed by atoms with Crippen LogP contribution in [-0.2, 0) is 0 Å². The van der Waals surface area contributed by atoms with E-state index in [2.05, 4.69) is 10.7 Å². The zero-order valence-electron chi connectivity index (χ0n) is 7.44. The fourth-order valence-electron chi connectivity index (χ4n) is 1.03. The smallest absolute Gasteiger partial charge is 0.123 e. The van der Waals surface area contributed by atoms with Crippen molar-refractivity contribution >= 4 is 52.1 Å². The van der Waals surface area contributed by atoms with Crippen LogP contribution in [0.1, 0.15) is 5.56 Å². The highest BCUT2D eigenvalue weighted by Gasteiger charge is 2.20. The molecule has 1 aliphatic rings. The van der Waals surface area contributed by atoms with E-state index in [-0.39, 0.29) is 0 Å². The second-order valence-corrected chi connectivity index (χ2v) is 6.88. The van der Waals surface area contributed by atoms with Crippen molar-refractivity contribution in [1.29, 1.82) is 0 Å². The SMILES string of the molecule is CSC1SN=C(c2ccc(Cl)cc2)S1. The van der Waals surface area contributed by atoms with Gasteiger partial charge in [0.2, 0.25) is 0 Å². The lowest BCUT2D eigenvalue weighted by Gasteiger charge is -2.02. The van der Waals surface area contributed by atoms with Gasteiger partial charge in [0.05, 0.1) is 0 Å². The average molecular weight is 262 g/mol. The highest BCUT2D eigenvalue weighted by molar-refractivity contribution is 8.39. The molecule has 1 unspecified atom stereocenters. The minimum atomic E-state index is 0.501. The Labute approximate surface area is 101 Å². The predicted octanol–water partition coefficient (Wildman–Crippen LogP) is 4.13. The summed E-state index contributed by atoms with van der Waals surface area (Å²) >= 11 is 11.1. The van der Waals surface area contributed by atoms with Crippen molar-refractivity contribution in [3.05, 3.63) is 34.9 Å². The van der Waals surface area contributed by atoms with Crippen LogP contribution in [-0.4, -0.2) is 15.2 Å². The van der Waals surface area contributed by atoms with E-state index in [4.69, 9.17) is 11.6 Å². The molecule has 74 valence electrons. The van der Waals surface area contributed by atoms with Crippen molar-refractivity contribution in [3.63, 3.8) is 0 Å². The lowest BCUT2D eigenvalue weighted by atomic mass is 10.2. The van der Waals surface area contributed by atoms with Crippen LogP contribution in [0.4, 0.5) is 0 Å². The van der Waals surface area contributed by atoms with Gasteiger partial charge < -0.3 is 0 Å². The lowest BCUT2D eigenvalue weighted by molar-refractivity contribution is 1.66. The molecule has 0 saturated heterocycles. The van der Waals surface area contributed by atoms with Crippen molar-refractivity contribution in [3.8, 4) is 0 Å². The minimum Gasteiger partial charge on any atom is -0.207 e. The Bertz CT molecular complexity index is 350. The van der Waals surface area contributed by atoms with Gasteiger partial charge in [-0.1, -0.05) is 35.5 Å². The van der Waals surface area contributed by atoms with Crippen LogP contribution in [0.5, 0.6) is 0 Å². The molecular formula is C9H8ClNS3. The quantitative estimate of drug-likeness (QED) is 0.743. The zero-order valence-corrected chi connectivity index (χ0v) is 10.6. The van der Waals surface area contributed by atoms with Crippen molar-refractivity contribution in [1.82, 2.24) is 0 Å². The molecule has 0 fully saturated rings. The van der Waals surface area contributed by atoms with E-state index in [9.17, 15) is 0 Å². The summed E-state index contributed by atoms with van der Waals surface area (Å²) < 4.78 is 4.92. The average Bonchev–Trinajstić information content (AvgIpc) is 2.67. The molecule has 0 aliphatic carbocycles. The third kappa shape index (κ3) is 2.42. The summed E-state index contributed by atoms with van der Waals surface area (Å²) in [6.07, 6.45) is 2.10. The van der Waals surface area contributed by atoms with E-state index in [1.54, 1.807) is 23.7 Å². The Balaban J connectivity index is 2.13. The number of nitrogens with zero attached hydrogens (tertiary/aromatic N) is 1. The van der Waals surface area contributed by atoms with Crippen LogP contribution >= 0.6 is 47.1 Å². The molecule has 1 aromatic rings. The Morgan fingerprint density at radius 2 is 2.07 bits per heavy atom. The molecule has 0 N–H and O–H groups in total. The maximum absolute atomic E-state index is 5.82. The van der Waals surface area contributed by atoms with Gasteiger partial charge in [-0.05, 0) is 18.4 Å². The molecule has 0 aromatic heterocycles. The van der Waals surface area contributed by atoms with Gasteiger partial charge in [-0.2, -0.15) is 0 Å². The van der Waals surface area contributed by atoms with Crippen molar-refractivity contribution in [2.75, 3.05) is 6.26 Å². The fraction of sp³-hybridized carbons (Fsp3) is 0.222. The van der Waals surface area contributed by atoms with E-state index in [0.29, 0.717) is 3.91 Å². The highest BCUT2D eigenvalue weighted by atomic mass is 35.5. The first-order valence-corrected chi connectivity index (χ1v) is 7.37. The molecule has 1 nitrogen and oxygen atoms in total. The van der Waals surface area contributed by atoms with Crippen LogP contribution < -0.4 is 0 Å². The van der Waals surface area contributed by atoms with Gasteiger partial charge >= 0.3 is 0 Å². The van der Waals surface area contributed by atoms with Crippen LogP contribution in [0.15, 0.2) is 28.7 Å². The van der Waals surface area contributed by atoms with E-state index in [1.807, 2.05) is 36.0 Å². The van der Waals surface area contributed by atoms with Crippen LogP contribution in [0.25, 0.3) is 0 Å². The minimum absolute atomic E-state index is 0.501. The largest absolute Gasteiger partial charge is 0.207 e. The maximum atomic E-state index is 5.82. The molecule has 0 radical (unpaired) electrons. The number of hydrogen-bond donors (Lipinski definition) is 0. The molecule has 5 heteroatoms. The molecule has 0 amide bonds. The Kier molecular flexibility index (Phi) is 3.71. The number of benzene rings is 1. The highest BCUT2D eigenvalue weighted by Crippen LogP contribution is 2.42. The number of halogens is 1. The van der Waals surface area contributed by atoms with E-state index >= 15 is 0 Å². The fourth-order valence-corrected chi connectivity index (χ4v) is 3.90. The first kappa shape index (κ1) is 10.7. The summed E-state index contributed by atoms with van der Waals surface area (Å²) in [5.41, 5.74) is 1.16. The summed E-state index contributed by atoms with van der Waals surface area (Å²) in [7, 11) is 0. The van der Waals surface area contributed by atoms with Crippen molar-refractivity contribution in [2.45, 2.75) is 3.91 Å². The van der Waals surface area contributed by atoms with Gasteiger partial charge in [0.1, 0.15) is 8.96 Å². The molecular weight excluding hydrogens is 254 g/mol. The molecule has 0 bridgehead atoms. The van der Waals surface area contributed by atoms with Crippen molar-refractivity contribution in [2.24, 2.45) is 4.40 Å². The van der Waals surface area contributed by atoms with E-state index < -0.39 is 0 Å². The summed E-state index contributed by atoms with van der Waals surface area (Å²) in [4.78, 5) is 0. The topological polar surface area (TPSA) is 12.4 Å². The molecule has 2 rings (SSSR count). The zero-order chi connectivity index (χ0) is 9.97. The first-order valence-electron chi connectivity index (χ1n) is 3.99. The second-order valence-electron chi connectivity index (χ2n) is 2.65. The summed E-state index contributed by atoms with van der Waals surface area (Å²) in [5.74, 6) is 0. The van der Waals surface area contributed by atoms with Crippen molar-refractivity contribution < 1.29 is 0 Å².